The van der Waals surface area contributed by atoms with E-state index in [4.69, 9.17) is 10.5 Å². The molecule has 0 saturated heterocycles. The number of aromatic nitrogens is 1. The number of ether oxygens (including phenoxy) is 1. The van der Waals surface area contributed by atoms with Crippen LogP contribution < -0.4 is 10.5 Å². The van der Waals surface area contributed by atoms with Crippen LogP contribution in [0.1, 0.15) is 17.2 Å². The molecule has 0 aliphatic carbocycles. The van der Waals surface area contributed by atoms with Gasteiger partial charge in [0, 0.05) is 24.5 Å². The first kappa shape index (κ1) is 11.6. The minimum atomic E-state index is -0.148. The Balaban J connectivity index is 2.16. The Morgan fingerprint density at radius 1 is 1.29 bits per heavy atom. The Labute approximate surface area is 101 Å². The molecule has 1 aromatic heterocycles. The second-order valence-electron chi connectivity index (χ2n) is 3.95. The Hall–Kier alpha value is -1.87. The molecule has 3 heteroatoms. The molecule has 0 aliphatic heterocycles. The average Bonchev–Trinajstić information content (AvgIpc) is 2.37. The molecule has 2 rings (SSSR count). The first-order valence-corrected chi connectivity index (χ1v) is 5.63. The number of hydrogen-bond acceptors (Lipinski definition) is 3. The van der Waals surface area contributed by atoms with E-state index < -0.39 is 0 Å². The number of nitrogens with zero attached hydrogens (tertiary/aromatic N) is 1. The van der Waals surface area contributed by atoms with Gasteiger partial charge in [0.2, 0.25) is 0 Å². The molecule has 2 N–H and O–H groups in total. The van der Waals surface area contributed by atoms with Gasteiger partial charge >= 0.3 is 0 Å². The van der Waals surface area contributed by atoms with E-state index in [1.54, 1.807) is 12.4 Å². The quantitative estimate of drug-likeness (QED) is 0.874. The molecular formula is C14H16N2O. The van der Waals surface area contributed by atoms with E-state index in [-0.39, 0.29) is 6.10 Å². The van der Waals surface area contributed by atoms with Crippen molar-refractivity contribution < 1.29 is 4.74 Å². The molecular weight excluding hydrogens is 212 g/mol. The van der Waals surface area contributed by atoms with Crippen molar-refractivity contribution in [1.82, 2.24) is 4.98 Å². The summed E-state index contributed by atoms with van der Waals surface area (Å²) in [5.74, 6) is 0.837. The molecule has 0 fully saturated rings. The van der Waals surface area contributed by atoms with Crippen LogP contribution in [0.5, 0.6) is 5.75 Å². The third kappa shape index (κ3) is 3.04. The molecule has 1 aromatic carbocycles. The van der Waals surface area contributed by atoms with Crippen LogP contribution in [0.3, 0.4) is 0 Å². The predicted molar refractivity (Wildman–Crippen MR) is 67.8 cm³/mol. The number of pyridine rings is 1. The Morgan fingerprint density at radius 3 is 2.82 bits per heavy atom. The summed E-state index contributed by atoms with van der Waals surface area (Å²) in [4.78, 5) is 4.08. The van der Waals surface area contributed by atoms with Crippen LogP contribution in [0.15, 0.2) is 48.8 Å². The van der Waals surface area contributed by atoms with E-state index >= 15 is 0 Å². The van der Waals surface area contributed by atoms with Crippen LogP contribution in [-0.4, -0.2) is 11.5 Å². The van der Waals surface area contributed by atoms with Crippen molar-refractivity contribution in [2.24, 2.45) is 5.73 Å². The number of nitrogens with two attached hydrogens (primary N) is 1. The van der Waals surface area contributed by atoms with Crippen molar-refractivity contribution in [2.45, 2.75) is 13.0 Å². The van der Waals surface area contributed by atoms with Crippen molar-refractivity contribution in [3.05, 3.63) is 59.9 Å². The summed E-state index contributed by atoms with van der Waals surface area (Å²) in [6.07, 6.45) is 3.38. The fourth-order valence-electron chi connectivity index (χ4n) is 1.67. The van der Waals surface area contributed by atoms with Crippen LogP contribution in [0.4, 0.5) is 0 Å². The van der Waals surface area contributed by atoms with Gasteiger partial charge in [-0.15, -0.1) is 0 Å². The van der Waals surface area contributed by atoms with Gasteiger partial charge in [0.15, 0.2) is 0 Å². The zero-order chi connectivity index (χ0) is 12.1. The molecule has 3 nitrogen and oxygen atoms in total. The largest absolute Gasteiger partial charge is 0.484 e. The first-order valence-electron chi connectivity index (χ1n) is 5.63. The predicted octanol–water partition coefficient (Wildman–Crippen LogP) is 2.47. The molecule has 1 unspecified atom stereocenters. The number of benzene rings is 1. The molecule has 17 heavy (non-hydrogen) atoms. The fraction of sp³-hybridized carbons (Fsp3) is 0.214. The highest BCUT2D eigenvalue weighted by Gasteiger charge is 2.11. The molecule has 0 radical (unpaired) electrons. The van der Waals surface area contributed by atoms with Crippen LogP contribution in [0.25, 0.3) is 0 Å². The van der Waals surface area contributed by atoms with Crippen molar-refractivity contribution in [3.63, 3.8) is 0 Å². The summed E-state index contributed by atoms with van der Waals surface area (Å²) in [5, 5.41) is 0. The number of rotatable bonds is 4. The first-order chi connectivity index (χ1) is 8.29. The second-order valence-corrected chi connectivity index (χ2v) is 3.95. The van der Waals surface area contributed by atoms with E-state index in [1.165, 1.54) is 5.56 Å². The van der Waals surface area contributed by atoms with Gasteiger partial charge in [-0.2, -0.15) is 0 Å². The molecule has 1 heterocycles. The normalized spacial score (nSPS) is 12.1. The summed E-state index contributed by atoms with van der Waals surface area (Å²) in [6, 6.07) is 11.8. The lowest BCUT2D eigenvalue weighted by molar-refractivity contribution is 0.213. The van der Waals surface area contributed by atoms with E-state index in [9.17, 15) is 0 Å². The SMILES string of the molecule is Cc1cccc(OC(CN)c2cccnc2)c1. The fourth-order valence-corrected chi connectivity index (χ4v) is 1.67. The Kier molecular flexibility index (Phi) is 3.73. The van der Waals surface area contributed by atoms with Crippen LogP contribution in [0, 0.1) is 6.92 Å². The zero-order valence-corrected chi connectivity index (χ0v) is 9.84. The average molecular weight is 228 g/mol. The minimum absolute atomic E-state index is 0.148. The lowest BCUT2D eigenvalue weighted by Crippen LogP contribution is -2.18. The van der Waals surface area contributed by atoms with E-state index in [1.807, 2.05) is 43.3 Å². The van der Waals surface area contributed by atoms with E-state index in [2.05, 4.69) is 4.98 Å². The summed E-state index contributed by atoms with van der Waals surface area (Å²) in [7, 11) is 0. The molecule has 0 amide bonds. The number of aryl methyl sites for hydroxylation is 1. The highest BCUT2D eigenvalue weighted by atomic mass is 16.5. The van der Waals surface area contributed by atoms with Gasteiger partial charge in [-0.05, 0) is 30.7 Å². The second kappa shape index (κ2) is 5.46. The van der Waals surface area contributed by atoms with Gasteiger partial charge in [-0.25, -0.2) is 0 Å². The third-order valence-corrected chi connectivity index (χ3v) is 2.54. The monoisotopic (exact) mass is 228 g/mol. The summed E-state index contributed by atoms with van der Waals surface area (Å²) in [6.45, 7) is 2.47. The summed E-state index contributed by atoms with van der Waals surface area (Å²) in [5.41, 5.74) is 7.91. The Bertz CT molecular complexity index is 471. The maximum atomic E-state index is 5.87. The van der Waals surface area contributed by atoms with E-state index in [0.717, 1.165) is 11.3 Å². The lowest BCUT2D eigenvalue weighted by atomic mass is 10.1. The van der Waals surface area contributed by atoms with Gasteiger partial charge in [0.25, 0.3) is 0 Å². The maximum absolute atomic E-state index is 5.87. The maximum Gasteiger partial charge on any atom is 0.137 e. The molecule has 88 valence electrons. The highest BCUT2D eigenvalue weighted by Crippen LogP contribution is 2.21. The molecule has 0 bridgehead atoms. The van der Waals surface area contributed by atoms with Crippen molar-refractivity contribution in [2.75, 3.05) is 6.54 Å². The van der Waals surface area contributed by atoms with Crippen molar-refractivity contribution in [3.8, 4) is 5.75 Å². The van der Waals surface area contributed by atoms with Gasteiger partial charge in [0.05, 0.1) is 0 Å². The smallest absolute Gasteiger partial charge is 0.137 e. The van der Waals surface area contributed by atoms with Gasteiger partial charge in [0.1, 0.15) is 11.9 Å². The van der Waals surface area contributed by atoms with E-state index in [0.29, 0.717) is 6.54 Å². The Morgan fingerprint density at radius 2 is 2.18 bits per heavy atom. The summed E-state index contributed by atoms with van der Waals surface area (Å²) < 4.78 is 5.87. The van der Waals surface area contributed by atoms with Gasteiger partial charge in [-0.1, -0.05) is 18.2 Å². The molecule has 0 saturated carbocycles. The van der Waals surface area contributed by atoms with Crippen LogP contribution >= 0.6 is 0 Å². The van der Waals surface area contributed by atoms with Crippen LogP contribution in [-0.2, 0) is 0 Å². The summed E-state index contributed by atoms with van der Waals surface area (Å²) >= 11 is 0. The molecule has 2 aromatic rings. The topological polar surface area (TPSA) is 48.1 Å². The number of hydrogen-bond donors (Lipinski definition) is 1. The van der Waals surface area contributed by atoms with Gasteiger partial charge < -0.3 is 10.5 Å². The minimum Gasteiger partial charge on any atom is -0.484 e. The van der Waals surface area contributed by atoms with Gasteiger partial charge in [-0.3, -0.25) is 4.98 Å². The van der Waals surface area contributed by atoms with Crippen molar-refractivity contribution in [1.29, 1.82) is 0 Å². The molecule has 0 spiro atoms. The lowest BCUT2D eigenvalue weighted by Gasteiger charge is -2.17. The molecule has 0 aliphatic rings. The standard InChI is InChI=1S/C14H16N2O/c1-11-4-2-6-13(8-11)17-14(9-15)12-5-3-7-16-10-12/h2-8,10,14H,9,15H2,1H3. The highest BCUT2D eigenvalue weighted by molar-refractivity contribution is 5.28. The zero-order valence-electron chi connectivity index (χ0n) is 9.84. The van der Waals surface area contributed by atoms with Crippen molar-refractivity contribution >= 4 is 0 Å². The van der Waals surface area contributed by atoms with Crippen LogP contribution in [0.2, 0.25) is 0 Å². The third-order valence-electron chi connectivity index (χ3n) is 2.54. The molecule has 1 atom stereocenters.